The standard InChI is InChI=1S/C15H12F2N2O2/c16-11-7-4-8-12(17)15(11)19-14(21)9-13(20)18-10-5-2-1-3-6-10/h1-8H,9H2,(H,18,20)(H,19,21). The number of hydrogen-bond donors (Lipinski definition) is 2. The molecule has 2 N–H and O–H groups in total. The van der Waals surface area contributed by atoms with Gasteiger partial charge in [0.05, 0.1) is 0 Å². The lowest BCUT2D eigenvalue weighted by Gasteiger charge is -2.08. The Bertz CT molecular complexity index is 640. The van der Waals surface area contributed by atoms with E-state index in [9.17, 15) is 18.4 Å². The fourth-order valence-corrected chi connectivity index (χ4v) is 1.67. The quantitative estimate of drug-likeness (QED) is 0.851. The van der Waals surface area contributed by atoms with E-state index in [2.05, 4.69) is 5.32 Å². The van der Waals surface area contributed by atoms with Crippen molar-refractivity contribution in [2.24, 2.45) is 0 Å². The fourth-order valence-electron chi connectivity index (χ4n) is 1.67. The van der Waals surface area contributed by atoms with Crippen molar-refractivity contribution in [1.29, 1.82) is 0 Å². The van der Waals surface area contributed by atoms with Crippen LogP contribution in [0.5, 0.6) is 0 Å². The van der Waals surface area contributed by atoms with Crippen LogP contribution in [0.1, 0.15) is 6.42 Å². The number of carbonyl (C=O) groups is 2. The van der Waals surface area contributed by atoms with Crippen LogP contribution in [0.15, 0.2) is 48.5 Å². The molecule has 0 unspecified atom stereocenters. The third-order valence-electron chi connectivity index (χ3n) is 2.61. The summed E-state index contributed by atoms with van der Waals surface area (Å²) in [5.41, 5.74) is -0.0256. The number of benzene rings is 2. The fraction of sp³-hybridized carbons (Fsp3) is 0.0667. The molecular formula is C15H12F2N2O2. The van der Waals surface area contributed by atoms with Crippen LogP contribution in [-0.2, 0) is 9.59 Å². The zero-order valence-corrected chi connectivity index (χ0v) is 10.9. The summed E-state index contributed by atoms with van der Waals surface area (Å²) in [4.78, 5) is 23.2. The Morgan fingerprint density at radius 1 is 0.810 bits per heavy atom. The third kappa shape index (κ3) is 4.10. The Labute approximate surface area is 119 Å². The second-order valence-corrected chi connectivity index (χ2v) is 4.24. The van der Waals surface area contributed by atoms with E-state index >= 15 is 0 Å². The van der Waals surface area contributed by atoms with Gasteiger partial charge < -0.3 is 10.6 Å². The van der Waals surface area contributed by atoms with Gasteiger partial charge in [-0.3, -0.25) is 9.59 Å². The topological polar surface area (TPSA) is 58.2 Å². The molecule has 0 saturated heterocycles. The number of nitrogens with one attached hydrogen (secondary N) is 2. The van der Waals surface area contributed by atoms with Gasteiger partial charge in [0, 0.05) is 5.69 Å². The van der Waals surface area contributed by atoms with Crippen LogP contribution in [0.4, 0.5) is 20.2 Å². The summed E-state index contributed by atoms with van der Waals surface area (Å²) in [6.07, 6.45) is -0.539. The lowest BCUT2D eigenvalue weighted by atomic mass is 10.2. The molecule has 0 heterocycles. The summed E-state index contributed by atoms with van der Waals surface area (Å²) < 4.78 is 26.7. The normalized spacial score (nSPS) is 10.0. The smallest absolute Gasteiger partial charge is 0.233 e. The van der Waals surface area contributed by atoms with Gasteiger partial charge in [-0.1, -0.05) is 24.3 Å². The predicted octanol–water partition coefficient (Wildman–Crippen LogP) is 2.93. The van der Waals surface area contributed by atoms with E-state index in [1.54, 1.807) is 30.3 Å². The highest BCUT2D eigenvalue weighted by Crippen LogP contribution is 2.18. The van der Waals surface area contributed by atoms with Gasteiger partial charge in [0.15, 0.2) is 0 Å². The summed E-state index contributed by atoms with van der Waals surface area (Å²) in [7, 11) is 0. The maximum absolute atomic E-state index is 13.3. The maximum atomic E-state index is 13.3. The van der Waals surface area contributed by atoms with Crippen molar-refractivity contribution in [3.63, 3.8) is 0 Å². The molecule has 0 fully saturated rings. The van der Waals surface area contributed by atoms with Crippen molar-refractivity contribution in [3.05, 3.63) is 60.2 Å². The van der Waals surface area contributed by atoms with E-state index < -0.39 is 35.6 Å². The Morgan fingerprint density at radius 3 is 2.00 bits per heavy atom. The number of carbonyl (C=O) groups excluding carboxylic acids is 2. The minimum absolute atomic E-state index is 0.535. The van der Waals surface area contributed by atoms with Gasteiger partial charge >= 0.3 is 0 Å². The van der Waals surface area contributed by atoms with Crippen molar-refractivity contribution >= 4 is 23.2 Å². The second kappa shape index (κ2) is 6.60. The molecule has 0 spiro atoms. The highest BCUT2D eigenvalue weighted by atomic mass is 19.1. The molecule has 0 bridgehead atoms. The van der Waals surface area contributed by atoms with E-state index in [-0.39, 0.29) is 0 Å². The molecule has 21 heavy (non-hydrogen) atoms. The van der Waals surface area contributed by atoms with Crippen molar-refractivity contribution in [3.8, 4) is 0 Å². The Balaban J connectivity index is 1.94. The molecule has 0 saturated carbocycles. The maximum Gasteiger partial charge on any atom is 0.233 e. The largest absolute Gasteiger partial charge is 0.326 e. The molecule has 2 rings (SSSR count). The zero-order valence-electron chi connectivity index (χ0n) is 10.9. The third-order valence-corrected chi connectivity index (χ3v) is 2.61. The Hall–Kier alpha value is -2.76. The molecule has 0 aliphatic rings. The monoisotopic (exact) mass is 290 g/mol. The van der Waals surface area contributed by atoms with Gasteiger partial charge in [0.2, 0.25) is 11.8 Å². The molecule has 4 nitrogen and oxygen atoms in total. The second-order valence-electron chi connectivity index (χ2n) is 4.24. The van der Waals surface area contributed by atoms with Crippen molar-refractivity contribution < 1.29 is 18.4 Å². The van der Waals surface area contributed by atoms with Gasteiger partial charge in [-0.05, 0) is 24.3 Å². The van der Waals surface area contributed by atoms with Crippen LogP contribution in [0.2, 0.25) is 0 Å². The molecule has 2 aromatic carbocycles. The van der Waals surface area contributed by atoms with Gasteiger partial charge in [-0.15, -0.1) is 0 Å². The minimum Gasteiger partial charge on any atom is -0.326 e. The highest BCUT2D eigenvalue weighted by Gasteiger charge is 2.14. The number of amides is 2. The molecule has 0 radical (unpaired) electrons. The first kappa shape index (κ1) is 14.6. The highest BCUT2D eigenvalue weighted by molar-refractivity contribution is 6.08. The van der Waals surface area contributed by atoms with E-state index in [0.29, 0.717) is 5.69 Å². The molecule has 0 aromatic heterocycles. The Kier molecular flexibility index (Phi) is 4.61. The lowest BCUT2D eigenvalue weighted by Crippen LogP contribution is -2.22. The number of rotatable bonds is 4. The van der Waals surface area contributed by atoms with Gasteiger partial charge in [-0.25, -0.2) is 8.78 Å². The molecule has 0 atom stereocenters. The summed E-state index contributed by atoms with van der Waals surface area (Å²) in [5, 5.41) is 4.55. The molecule has 0 aliphatic carbocycles. The van der Waals surface area contributed by atoms with Crippen LogP contribution in [-0.4, -0.2) is 11.8 Å². The molecule has 6 heteroatoms. The van der Waals surface area contributed by atoms with Crippen LogP contribution in [0, 0.1) is 11.6 Å². The average Bonchev–Trinajstić information content (AvgIpc) is 2.44. The van der Waals surface area contributed by atoms with Crippen molar-refractivity contribution in [2.45, 2.75) is 6.42 Å². The lowest BCUT2D eigenvalue weighted by molar-refractivity contribution is -0.123. The molecule has 2 aromatic rings. The van der Waals surface area contributed by atoms with Crippen LogP contribution < -0.4 is 10.6 Å². The first-order valence-electron chi connectivity index (χ1n) is 6.15. The van der Waals surface area contributed by atoms with Gasteiger partial charge in [-0.2, -0.15) is 0 Å². The van der Waals surface area contributed by atoms with Crippen LogP contribution in [0.25, 0.3) is 0 Å². The van der Waals surface area contributed by atoms with E-state index in [4.69, 9.17) is 0 Å². The number of hydrogen-bond acceptors (Lipinski definition) is 2. The summed E-state index contributed by atoms with van der Waals surface area (Å²) >= 11 is 0. The minimum atomic E-state index is -0.896. The summed E-state index contributed by atoms with van der Waals surface area (Å²) in [5.74, 6) is -3.17. The van der Waals surface area contributed by atoms with E-state index in [0.717, 1.165) is 12.1 Å². The molecular weight excluding hydrogens is 278 g/mol. The zero-order chi connectivity index (χ0) is 15.2. The number of anilines is 2. The van der Waals surface area contributed by atoms with Crippen LogP contribution in [0.3, 0.4) is 0 Å². The molecule has 0 aliphatic heterocycles. The summed E-state index contributed by atoms with van der Waals surface area (Å²) in [6.45, 7) is 0. The van der Waals surface area contributed by atoms with Crippen molar-refractivity contribution in [2.75, 3.05) is 10.6 Å². The van der Waals surface area contributed by atoms with E-state index in [1.165, 1.54) is 6.07 Å². The SMILES string of the molecule is O=C(CC(=O)Nc1c(F)cccc1F)Nc1ccccc1. The van der Waals surface area contributed by atoms with Gasteiger partial charge in [0.1, 0.15) is 23.7 Å². The average molecular weight is 290 g/mol. The number of halogens is 2. The first-order chi connectivity index (χ1) is 10.1. The van der Waals surface area contributed by atoms with Crippen molar-refractivity contribution in [1.82, 2.24) is 0 Å². The molecule has 2 amide bonds. The van der Waals surface area contributed by atoms with Gasteiger partial charge in [0.25, 0.3) is 0 Å². The summed E-state index contributed by atoms with van der Waals surface area (Å²) in [6, 6.07) is 11.8. The molecule has 108 valence electrons. The van der Waals surface area contributed by atoms with Crippen LogP contribution >= 0.6 is 0 Å². The van der Waals surface area contributed by atoms with E-state index in [1.807, 2.05) is 5.32 Å². The number of para-hydroxylation sites is 2. The first-order valence-corrected chi connectivity index (χ1v) is 6.15. The Morgan fingerprint density at radius 2 is 1.38 bits per heavy atom. The predicted molar refractivity (Wildman–Crippen MR) is 74.7 cm³/mol.